The molecule has 1 aromatic heterocycles. The van der Waals surface area contributed by atoms with Gasteiger partial charge in [0.2, 0.25) is 5.88 Å². The summed E-state index contributed by atoms with van der Waals surface area (Å²) in [5.74, 6) is 0.610. The van der Waals surface area contributed by atoms with Crippen molar-refractivity contribution in [2.45, 2.75) is 39.2 Å². The van der Waals surface area contributed by atoms with Crippen molar-refractivity contribution in [1.29, 1.82) is 0 Å². The third-order valence-corrected chi connectivity index (χ3v) is 4.77. The van der Waals surface area contributed by atoms with E-state index in [1.807, 2.05) is 13.8 Å². The van der Waals surface area contributed by atoms with E-state index < -0.39 is 6.09 Å². The Morgan fingerprint density at radius 1 is 1.41 bits per heavy atom. The molecule has 6 nitrogen and oxygen atoms in total. The molecule has 0 aromatic carbocycles. The quantitative estimate of drug-likeness (QED) is 0.857. The second-order valence-corrected chi connectivity index (χ2v) is 6.12. The van der Waals surface area contributed by atoms with Crippen LogP contribution < -0.4 is 4.74 Å². The molecule has 2 heterocycles. The van der Waals surface area contributed by atoms with E-state index in [0.717, 1.165) is 42.4 Å². The van der Waals surface area contributed by atoms with Crippen LogP contribution in [0.5, 0.6) is 5.88 Å². The standard InChI is InChI=1S/C16H20N2O4/c1-9-13-5-11(7-19)6-14(13)10(2)17-15(9)22-8-12-3-4-18(12)16(20)21/h7,11-12H,3-6,8H2,1-2H3,(H,20,21)/t11?,12-/m0/s1. The first kappa shape index (κ1) is 14.8. The third kappa shape index (κ3) is 2.42. The smallest absolute Gasteiger partial charge is 0.407 e. The number of hydrogen-bond acceptors (Lipinski definition) is 4. The fraction of sp³-hybridized carbons (Fsp3) is 0.562. The van der Waals surface area contributed by atoms with Crippen LogP contribution in [-0.2, 0) is 17.6 Å². The van der Waals surface area contributed by atoms with Crippen molar-refractivity contribution in [1.82, 2.24) is 9.88 Å². The van der Waals surface area contributed by atoms with Gasteiger partial charge in [-0.2, -0.15) is 0 Å². The number of hydrogen-bond donors (Lipinski definition) is 1. The Balaban J connectivity index is 1.74. The summed E-state index contributed by atoms with van der Waals surface area (Å²) in [6, 6.07) is -0.0880. The molecule has 1 N–H and O–H groups in total. The van der Waals surface area contributed by atoms with E-state index in [1.54, 1.807) is 0 Å². The van der Waals surface area contributed by atoms with Gasteiger partial charge in [-0.25, -0.2) is 9.78 Å². The summed E-state index contributed by atoms with van der Waals surface area (Å²) in [6.45, 7) is 4.80. The molecule has 1 aromatic rings. The highest BCUT2D eigenvalue weighted by molar-refractivity contribution is 5.66. The zero-order valence-electron chi connectivity index (χ0n) is 12.8. The Morgan fingerprint density at radius 3 is 2.73 bits per heavy atom. The molecule has 3 rings (SSSR count). The fourth-order valence-corrected chi connectivity index (χ4v) is 3.30. The molecule has 1 amide bonds. The highest BCUT2D eigenvalue weighted by Gasteiger charge is 2.33. The van der Waals surface area contributed by atoms with Crippen molar-refractivity contribution in [2.75, 3.05) is 13.2 Å². The number of pyridine rings is 1. The Bertz CT molecular complexity index is 629. The predicted molar refractivity (Wildman–Crippen MR) is 79.3 cm³/mol. The minimum Gasteiger partial charge on any atom is -0.475 e. The van der Waals surface area contributed by atoms with Gasteiger partial charge in [0.05, 0.1) is 6.04 Å². The predicted octanol–water partition coefficient (Wildman–Crippen LogP) is 1.74. The molecule has 0 spiro atoms. The molecule has 2 aliphatic rings. The van der Waals surface area contributed by atoms with Crippen LogP contribution in [0, 0.1) is 19.8 Å². The number of rotatable bonds is 4. The first-order valence-corrected chi connectivity index (χ1v) is 7.57. The van der Waals surface area contributed by atoms with Crippen LogP contribution in [0.4, 0.5) is 4.79 Å². The number of carboxylic acid groups (broad SMARTS) is 1. The van der Waals surface area contributed by atoms with E-state index in [-0.39, 0.29) is 12.0 Å². The van der Waals surface area contributed by atoms with Gasteiger partial charge in [-0.15, -0.1) is 0 Å². The summed E-state index contributed by atoms with van der Waals surface area (Å²) in [7, 11) is 0. The van der Waals surface area contributed by atoms with Gasteiger partial charge in [-0.05, 0) is 44.2 Å². The first-order chi connectivity index (χ1) is 10.5. The normalized spacial score (nSPS) is 22.9. The molecule has 6 heteroatoms. The Labute approximate surface area is 129 Å². The third-order valence-electron chi connectivity index (χ3n) is 4.77. The highest BCUT2D eigenvalue weighted by atomic mass is 16.5. The Kier molecular flexibility index (Phi) is 3.76. The van der Waals surface area contributed by atoms with Crippen LogP contribution in [0.2, 0.25) is 0 Å². The van der Waals surface area contributed by atoms with Gasteiger partial charge in [-0.3, -0.25) is 0 Å². The summed E-state index contributed by atoms with van der Waals surface area (Å²) in [5.41, 5.74) is 4.22. The monoisotopic (exact) mass is 304 g/mol. The minimum absolute atomic E-state index is 0.0404. The van der Waals surface area contributed by atoms with E-state index in [4.69, 9.17) is 9.84 Å². The van der Waals surface area contributed by atoms with Gasteiger partial charge in [0.25, 0.3) is 0 Å². The van der Waals surface area contributed by atoms with E-state index in [1.165, 1.54) is 10.5 Å². The number of likely N-dealkylation sites (tertiary alicyclic amines) is 1. The first-order valence-electron chi connectivity index (χ1n) is 7.57. The maximum atomic E-state index is 11.0. The zero-order chi connectivity index (χ0) is 15.9. The lowest BCUT2D eigenvalue weighted by Gasteiger charge is -2.38. The average molecular weight is 304 g/mol. The number of ether oxygens (including phenoxy) is 1. The molecular weight excluding hydrogens is 284 g/mol. The Hall–Kier alpha value is -2.11. The fourth-order valence-electron chi connectivity index (χ4n) is 3.30. The van der Waals surface area contributed by atoms with Crippen molar-refractivity contribution in [3.63, 3.8) is 0 Å². The van der Waals surface area contributed by atoms with E-state index in [0.29, 0.717) is 19.0 Å². The molecule has 2 atom stereocenters. The summed E-state index contributed by atoms with van der Waals surface area (Å²) in [4.78, 5) is 27.9. The lowest BCUT2D eigenvalue weighted by atomic mass is 10.0. The number of carbonyl (C=O) groups is 2. The molecule has 118 valence electrons. The van der Waals surface area contributed by atoms with Crippen LogP contribution in [0.25, 0.3) is 0 Å². The lowest BCUT2D eigenvalue weighted by molar-refractivity contribution is -0.110. The molecule has 1 saturated heterocycles. The molecular formula is C16H20N2O4. The van der Waals surface area contributed by atoms with E-state index in [2.05, 4.69) is 4.98 Å². The number of fused-ring (bicyclic) bond motifs is 1. The average Bonchev–Trinajstić information content (AvgIpc) is 2.87. The summed E-state index contributed by atoms with van der Waals surface area (Å²) >= 11 is 0. The zero-order valence-corrected chi connectivity index (χ0v) is 12.8. The molecule has 1 aliphatic carbocycles. The van der Waals surface area contributed by atoms with Gasteiger partial charge in [0, 0.05) is 23.7 Å². The molecule has 1 fully saturated rings. The number of aromatic nitrogens is 1. The largest absolute Gasteiger partial charge is 0.475 e. The molecule has 1 aliphatic heterocycles. The minimum atomic E-state index is -0.900. The van der Waals surface area contributed by atoms with Crippen LogP contribution in [0.3, 0.4) is 0 Å². The van der Waals surface area contributed by atoms with Crippen molar-refractivity contribution >= 4 is 12.4 Å². The summed E-state index contributed by atoms with van der Waals surface area (Å²) in [5, 5.41) is 9.00. The number of carbonyl (C=O) groups excluding carboxylic acids is 1. The molecule has 0 saturated carbocycles. The van der Waals surface area contributed by atoms with Crippen molar-refractivity contribution in [2.24, 2.45) is 5.92 Å². The lowest BCUT2D eigenvalue weighted by Crippen LogP contribution is -2.53. The number of nitrogens with zero attached hydrogens (tertiary/aromatic N) is 2. The van der Waals surface area contributed by atoms with E-state index in [9.17, 15) is 9.59 Å². The van der Waals surface area contributed by atoms with Gasteiger partial charge in [0.1, 0.15) is 12.9 Å². The van der Waals surface area contributed by atoms with Gasteiger partial charge in [-0.1, -0.05) is 0 Å². The number of aldehydes is 1. The number of amides is 1. The molecule has 1 unspecified atom stereocenters. The summed E-state index contributed by atoms with van der Waals surface area (Å²) < 4.78 is 5.79. The highest BCUT2D eigenvalue weighted by Crippen LogP contribution is 2.34. The van der Waals surface area contributed by atoms with Gasteiger partial charge >= 0.3 is 6.09 Å². The molecule has 0 radical (unpaired) electrons. The van der Waals surface area contributed by atoms with Gasteiger partial charge in [0.15, 0.2) is 0 Å². The van der Waals surface area contributed by atoms with Crippen LogP contribution >= 0.6 is 0 Å². The van der Waals surface area contributed by atoms with Crippen LogP contribution in [-0.4, -0.2) is 46.6 Å². The number of aryl methyl sites for hydroxylation is 1. The topological polar surface area (TPSA) is 79.7 Å². The summed E-state index contributed by atoms with van der Waals surface area (Å²) in [6.07, 6.45) is 2.44. The second-order valence-electron chi connectivity index (χ2n) is 6.12. The Morgan fingerprint density at radius 2 is 2.14 bits per heavy atom. The second kappa shape index (κ2) is 5.59. The van der Waals surface area contributed by atoms with Crippen molar-refractivity contribution in [3.05, 3.63) is 22.4 Å². The van der Waals surface area contributed by atoms with E-state index >= 15 is 0 Å². The van der Waals surface area contributed by atoms with Crippen molar-refractivity contribution in [3.8, 4) is 5.88 Å². The van der Waals surface area contributed by atoms with Crippen molar-refractivity contribution < 1.29 is 19.4 Å². The SMILES string of the molecule is Cc1nc(OC[C@@H]2CCN2C(=O)O)c(C)c2c1CC(C=O)C2. The van der Waals surface area contributed by atoms with Crippen LogP contribution in [0.15, 0.2) is 0 Å². The van der Waals surface area contributed by atoms with Gasteiger partial charge < -0.3 is 19.5 Å². The molecule has 0 bridgehead atoms. The maximum absolute atomic E-state index is 11.0. The van der Waals surface area contributed by atoms with Crippen LogP contribution in [0.1, 0.15) is 28.8 Å². The molecule has 22 heavy (non-hydrogen) atoms. The maximum Gasteiger partial charge on any atom is 0.407 e.